The highest BCUT2D eigenvalue weighted by Crippen LogP contribution is 2.43. The number of carbonyl (C=O) groups is 2. The smallest absolute Gasteiger partial charge is 0.257 e. The number of nitrogens with one attached hydrogen (secondary N) is 1. The van der Waals surface area contributed by atoms with Crippen LogP contribution in [0.2, 0.25) is 0 Å². The van der Waals surface area contributed by atoms with E-state index in [1.165, 1.54) is 19.4 Å². The maximum absolute atomic E-state index is 13.9. The molecule has 1 aromatic heterocycles. The molecule has 0 aliphatic carbocycles. The molecule has 1 saturated heterocycles. The highest BCUT2D eigenvalue weighted by Gasteiger charge is 2.50. The molecule has 2 aliphatic rings. The minimum Gasteiger partial charge on any atom is -0.491 e. The number of nitrogens with zero attached hydrogens (tertiary/aromatic N) is 2. The van der Waals surface area contributed by atoms with Crippen LogP contribution in [0.1, 0.15) is 46.2 Å². The molecule has 9 heteroatoms. The molecule has 2 aliphatic heterocycles. The summed E-state index contributed by atoms with van der Waals surface area (Å²) in [4.78, 5) is 41.4. The Balaban J connectivity index is 1.70. The van der Waals surface area contributed by atoms with E-state index in [1.54, 1.807) is 4.57 Å². The van der Waals surface area contributed by atoms with Gasteiger partial charge in [0.05, 0.1) is 7.11 Å². The summed E-state index contributed by atoms with van der Waals surface area (Å²) in [6, 6.07) is 2.96. The predicted octanol–water partition coefficient (Wildman–Crippen LogP) is 2.36. The van der Waals surface area contributed by atoms with Crippen LogP contribution in [-0.2, 0) is 13.1 Å². The van der Waals surface area contributed by atoms with Crippen LogP contribution in [0.25, 0.3) is 0 Å². The number of likely N-dealkylation sites (N-methyl/N-ethyl adjacent to an activating group) is 1. The van der Waals surface area contributed by atoms with Crippen molar-refractivity contribution in [3.8, 4) is 5.75 Å². The Hall–Kier alpha value is -3.07. The number of Topliss-reactive ketones (excluding diaryl/α,β-unsaturated/α-hetero) is 1. The summed E-state index contributed by atoms with van der Waals surface area (Å²) in [7, 11) is 3.26. The van der Waals surface area contributed by atoms with E-state index in [1.807, 2.05) is 14.0 Å². The summed E-state index contributed by atoms with van der Waals surface area (Å²) in [5.41, 5.74) is -1.29. The van der Waals surface area contributed by atoms with Gasteiger partial charge in [-0.15, -0.1) is 0 Å². The molecule has 7 nitrogen and oxygen atoms in total. The van der Waals surface area contributed by atoms with Gasteiger partial charge < -0.3 is 19.5 Å². The highest BCUT2D eigenvalue weighted by atomic mass is 19.1. The molecule has 0 unspecified atom stereocenters. The van der Waals surface area contributed by atoms with E-state index < -0.39 is 28.4 Å². The lowest BCUT2D eigenvalue weighted by molar-refractivity contribution is 0.0188. The molecule has 1 aromatic carbocycles. The Morgan fingerprint density at radius 1 is 1.31 bits per heavy atom. The Bertz CT molecular complexity index is 1160. The van der Waals surface area contributed by atoms with E-state index in [-0.39, 0.29) is 40.9 Å². The van der Waals surface area contributed by atoms with Crippen molar-refractivity contribution in [3.63, 3.8) is 0 Å². The maximum Gasteiger partial charge on any atom is 0.257 e. The molecule has 170 valence electrons. The lowest BCUT2D eigenvalue weighted by atomic mass is 9.68. The number of carbonyl (C=O) groups excluding carboxylic acids is 2. The van der Waals surface area contributed by atoms with Gasteiger partial charge in [0.25, 0.3) is 5.91 Å². The number of aromatic nitrogens is 1. The van der Waals surface area contributed by atoms with Crippen LogP contribution in [0.3, 0.4) is 0 Å². The first-order valence-electron chi connectivity index (χ1n) is 10.5. The first-order chi connectivity index (χ1) is 15.2. The van der Waals surface area contributed by atoms with Crippen molar-refractivity contribution in [3.05, 3.63) is 63.1 Å². The van der Waals surface area contributed by atoms with Crippen LogP contribution in [0.5, 0.6) is 5.75 Å². The summed E-state index contributed by atoms with van der Waals surface area (Å²) in [6.07, 6.45) is 2.96. The third-order valence-electron chi connectivity index (χ3n) is 6.72. The molecule has 32 heavy (non-hydrogen) atoms. The fraction of sp³-hybridized carbons (Fsp3) is 0.435. The lowest BCUT2D eigenvalue weighted by Gasteiger charge is -2.49. The van der Waals surface area contributed by atoms with Crippen LogP contribution in [0.15, 0.2) is 29.2 Å². The van der Waals surface area contributed by atoms with Gasteiger partial charge in [0.2, 0.25) is 5.43 Å². The van der Waals surface area contributed by atoms with Gasteiger partial charge in [0.1, 0.15) is 22.9 Å². The number of ketones is 1. The third kappa shape index (κ3) is 3.50. The van der Waals surface area contributed by atoms with Crippen LogP contribution in [0.4, 0.5) is 8.78 Å². The van der Waals surface area contributed by atoms with Gasteiger partial charge in [-0.2, -0.15) is 0 Å². The van der Waals surface area contributed by atoms with Crippen LogP contribution < -0.4 is 15.5 Å². The number of amides is 1. The van der Waals surface area contributed by atoms with E-state index in [0.29, 0.717) is 13.0 Å². The molecular formula is C23H25F2N3O4. The molecule has 0 saturated carbocycles. The highest BCUT2D eigenvalue weighted by molar-refractivity contribution is 6.03. The number of halogens is 2. The van der Waals surface area contributed by atoms with Gasteiger partial charge >= 0.3 is 0 Å². The number of hydrogen-bond acceptors (Lipinski definition) is 5. The lowest BCUT2D eigenvalue weighted by Crippen LogP contribution is -2.58. The third-order valence-corrected chi connectivity index (χ3v) is 6.72. The zero-order chi connectivity index (χ0) is 23.2. The van der Waals surface area contributed by atoms with Gasteiger partial charge in [-0.05, 0) is 32.5 Å². The van der Waals surface area contributed by atoms with Gasteiger partial charge in [-0.1, -0.05) is 13.0 Å². The minimum atomic E-state index is -0.796. The Morgan fingerprint density at radius 3 is 2.75 bits per heavy atom. The van der Waals surface area contributed by atoms with Crippen molar-refractivity contribution < 1.29 is 23.1 Å². The summed E-state index contributed by atoms with van der Waals surface area (Å²) in [5, 5.41) is 2.49. The van der Waals surface area contributed by atoms with Crippen molar-refractivity contribution in [1.29, 1.82) is 0 Å². The van der Waals surface area contributed by atoms with E-state index in [9.17, 15) is 23.2 Å². The van der Waals surface area contributed by atoms with Gasteiger partial charge in [0, 0.05) is 42.4 Å². The summed E-state index contributed by atoms with van der Waals surface area (Å²) in [6.45, 7) is 2.98. The molecule has 0 radical (unpaired) electrons. The van der Waals surface area contributed by atoms with Crippen LogP contribution in [-0.4, -0.2) is 47.9 Å². The Morgan fingerprint density at radius 2 is 2.06 bits per heavy atom. The number of methoxy groups -OCH3 is 1. The molecular weight excluding hydrogens is 420 g/mol. The summed E-state index contributed by atoms with van der Waals surface area (Å²) < 4.78 is 33.9. The van der Waals surface area contributed by atoms with Gasteiger partial charge in [0.15, 0.2) is 11.5 Å². The number of piperidine rings is 1. The van der Waals surface area contributed by atoms with E-state index >= 15 is 0 Å². The fourth-order valence-electron chi connectivity index (χ4n) is 4.87. The molecule has 0 spiro atoms. The summed E-state index contributed by atoms with van der Waals surface area (Å²) >= 11 is 0. The second-order valence-electron chi connectivity index (χ2n) is 8.67. The second-order valence-corrected chi connectivity index (χ2v) is 8.67. The van der Waals surface area contributed by atoms with Gasteiger partial charge in [-0.25, -0.2) is 8.78 Å². The van der Waals surface area contributed by atoms with Crippen molar-refractivity contribution in [2.75, 3.05) is 20.7 Å². The zero-order valence-corrected chi connectivity index (χ0v) is 18.2. The molecule has 1 fully saturated rings. The topological polar surface area (TPSA) is 80.6 Å². The summed E-state index contributed by atoms with van der Waals surface area (Å²) in [5.74, 6) is -2.59. The van der Waals surface area contributed by atoms with Crippen LogP contribution in [0, 0.1) is 17.0 Å². The van der Waals surface area contributed by atoms with Crippen molar-refractivity contribution in [1.82, 2.24) is 14.8 Å². The molecule has 2 atom stereocenters. The SMILES string of the molecule is COc1c2n(cc(C(=O)NCc3ccc(F)cc3F)c1=O)C[C@@H]1N(C)CCC[C@]1(C)C2=O. The molecule has 3 heterocycles. The van der Waals surface area contributed by atoms with Gasteiger partial charge in [-0.3, -0.25) is 14.4 Å². The molecule has 1 N–H and O–H groups in total. The maximum atomic E-state index is 13.9. The van der Waals surface area contributed by atoms with E-state index in [4.69, 9.17) is 4.74 Å². The Labute approximate surface area is 184 Å². The largest absolute Gasteiger partial charge is 0.491 e. The average molecular weight is 445 g/mol. The zero-order valence-electron chi connectivity index (χ0n) is 18.2. The number of rotatable bonds is 4. The standard InChI is InChI=1S/C23H25F2N3O4/c1-23-7-4-8-27(2)17(23)12-28-11-15(19(29)20(32-3)18(28)21(23)30)22(31)26-10-13-5-6-14(24)9-16(13)25/h5-6,9,11,17H,4,7-8,10,12H2,1-3H3,(H,26,31)/t17-,23-/m0/s1. The monoisotopic (exact) mass is 445 g/mol. The first kappa shape index (κ1) is 22.1. The number of fused-ring (bicyclic) bond motifs is 2. The molecule has 2 aromatic rings. The Kier molecular flexibility index (Phi) is 5.62. The van der Waals surface area contributed by atoms with E-state index in [2.05, 4.69) is 10.2 Å². The number of benzene rings is 1. The van der Waals surface area contributed by atoms with E-state index in [0.717, 1.165) is 25.1 Å². The predicted molar refractivity (Wildman–Crippen MR) is 113 cm³/mol. The normalized spacial score (nSPS) is 22.8. The van der Waals surface area contributed by atoms with Crippen LogP contribution >= 0.6 is 0 Å². The molecule has 0 bridgehead atoms. The first-order valence-corrected chi connectivity index (χ1v) is 10.5. The van der Waals surface area contributed by atoms with Crippen molar-refractivity contribution in [2.45, 2.75) is 38.9 Å². The molecule has 1 amide bonds. The number of pyridine rings is 1. The minimum absolute atomic E-state index is 0.0762. The second kappa shape index (κ2) is 8.12. The average Bonchev–Trinajstić information content (AvgIpc) is 2.74. The fourth-order valence-corrected chi connectivity index (χ4v) is 4.87. The number of likely N-dealkylation sites (tertiary alicyclic amines) is 1. The number of hydrogen-bond donors (Lipinski definition) is 1. The number of ether oxygens (including phenoxy) is 1. The quantitative estimate of drug-likeness (QED) is 0.782. The van der Waals surface area contributed by atoms with Crippen molar-refractivity contribution >= 4 is 11.7 Å². The molecule has 4 rings (SSSR count). The van der Waals surface area contributed by atoms with Crippen molar-refractivity contribution in [2.24, 2.45) is 5.41 Å².